The molecule has 0 fully saturated rings. The highest BCUT2D eigenvalue weighted by molar-refractivity contribution is 6.35. The minimum Gasteiger partial charge on any atom is -0.356 e. The summed E-state index contributed by atoms with van der Waals surface area (Å²) in [5.74, 6) is 0.0388. The first kappa shape index (κ1) is 15.9. The third-order valence-electron chi connectivity index (χ3n) is 3.22. The first-order valence-corrected chi connectivity index (χ1v) is 7.65. The lowest BCUT2D eigenvalue weighted by Gasteiger charge is -2.07. The number of carbonyl (C=O) groups is 1. The molecule has 0 radical (unpaired) electrons. The van der Waals surface area contributed by atoms with Crippen molar-refractivity contribution < 1.29 is 4.79 Å². The van der Waals surface area contributed by atoms with E-state index in [1.807, 2.05) is 24.3 Å². The zero-order valence-corrected chi connectivity index (χ0v) is 13.1. The summed E-state index contributed by atoms with van der Waals surface area (Å²) in [7, 11) is 0. The third kappa shape index (κ3) is 5.41. The number of carbonyl (C=O) groups excluding carboxylic acids is 1. The van der Waals surface area contributed by atoms with E-state index in [2.05, 4.69) is 17.4 Å². The second-order valence-corrected chi connectivity index (χ2v) is 5.66. The Morgan fingerprint density at radius 2 is 1.76 bits per heavy atom. The molecule has 0 spiro atoms. The molecule has 4 heteroatoms. The predicted octanol–water partition coefficient (Wildman–Crippen LogP) is 4.28. The predicted molar refractivity (Wildman–Crippen MR) is 87.9 cm³/mol. The Morgan fingerprint density at radius 1 is 1.00 bits per heavy atom. The van der Waals surface area contributed by atoms with Gasteiger partial charge in [0.2, 0.25) is 5.91 Å². The molecular weight excluding hydrogens is 305 g/mol. The Morgan fingerprint density at radius 3 is 2.48 bits per heavy atom. The lowest BCUT2D eigenvalue weighted by atomic mass is 10.1. The van der Waals surface area contributed by atoms with E-state index in [0.29, 0.717) is 29.4 Å². The van der Waals surface area contributed by atoms with Gasteiger partial charge in [-0.25, -0.2) is 0 Å². The summed E-state index contributed by atoms with van der Waals surface area (Å²) in [6.45, 7) is 0.650. The summed E-state index contributed by atoms with van der Waals surface area (Å²) in [5, 5.41) is 4.14. The van der Waals surface area contributed by atoms with Crippen molar-refractivity contribution in [1.29, 1.82) is 0 Å². The van der Waals surface area contributed by atoms with Gasteiger partial charge in [-0.3, -0.25) is 4.79 Å². The van der Waals surface area contributed by atoms with E-state index >= 15 is 0 Å². The van der Waals surface area contributed by atoms with E-state index in [1.54, 1.807) is 12.1 Å². The molecule has 0 aliphatic rings. The van der Waals surface area contributed by atoms with Gasteiger partial charge in [0.15, 0.2) is 0 Å². The van der Waals surface area contributed by atoms with Crippen molar-refractivity contribution in [3.8, 4) is 0 Å². The number of hydrogen-bond donors (Lipinski definition) is 1. The van der Waals surface area contributed by atoms with Crippen LogP contribution in [0.1, 0.15) is 17.5 Å². The van der Waals surface area contributed by atoms with E-state index in [-0.39, 0.29) is 5.91 Å². The minimum absolute atomic E-state index is 0.0388. The smallest absolute Gasteiger partial charge is 0.220 e. The first-order chi connectivity index (χ1) is 10.1. The first-order valence-electron chi connectivity index (χ1n) is 6.90. The topological polar surface area (TPSA) is 29.1 Å². The van der Waals surface area contributed by atoms with Crippen molar-refractivity contribution in [2.45, 2.75) is 19.3 Å². The van der Waals surface area contributed by atoms with Crippen LogP contribution in [0, 0.1) is 0 Å². The standard InChI is InChI=1S/C17H17Cl2NO/c18-15-8-6-14(16(19)12-15)7-9-17(21)20-11-10-13-4-2-1-3-5-13/h1-6,8,12H,7,9-11H2,(H,20,21). The van der Waals surface area contributed by atoms with E-state index < -0.39 is 0 Å². The molecule has 0 unspecified atom stereocenters. The largest absolute Gasteiger partial charge is 0.356 e. The monoisotopic (exact) mass is 321 g/mol. The fourth-order valence-corrected chi connectivity index (χ4v) is 2.55. The average molecular weight is 322 g/mol. The zero-order valence-electron chi connectivity index (χ0n) is 11.6. The number of halogens is 2. The molecule has 1 N–H and O–H groups in total. The fourth-order valence-electron chi connectivity index (χ4n) is 2.05. The molecule has 0 atom stereocenters. The minimum atomic E-state index is 0.0388. The summed E-state index contributed by atoms with van der Waals surface area (Å²) in [6.07, 6.45) is 1.89. The average Bonchev–Trinajstić information content (AvgIpc) is 2.47. The Balaban J connectivity index is 1.72. The number of rotatable bonds is 6. The molecule has 0 saturated carbocycles. The molecule has 0 heterocycles. The van der Waals surface area contributed by atoms with Crippen LogP contribution in [0.5, 0.6) is 0 Å². The van der Waals surface area contributed by atoms with E-state index in [0.717, 1.165) is 12.0 Å². The van der Waals surface area contributed by atoms with Crippen LogP contribution in [0.25, 0.3) is 0 Å². The Hall–Kier alpha value is -1.51. The van der Waals surface area contributed by atoms with Crippen molar-refractivity contribution in [1.82, 2.24) is 5.32 Å². The van der Waals surface area contributed by atoms with Gasteiger partial charge in [0, 0.05) is 23.0 Å². The molecule has 2 rings (SSSR count). The number of benzene rings is 2. The quantitative estimate of drug-likeness (QED) is 0.845. The van der Waals surface area contributed by atoms with Gasteiger partial charge in [-0.05, 0) is 36.1 Å². The molecule has 0 aliphatic carbocycles. The normalized spacial score (nSPS) is 10.4. The van der Waals surface area contributed by atoms with Crippen LogP contribution in [0.3, 0.4) is 0 Å². The van der Waals surface area contributed by atoms with E-state index in [4.69, 9.17) is 23.2 Å². The van der Waals surface area contributed by atoms with Crippen LogP contribution >= 0.6 is 23.2 Å². The van der Waals surface area contributed by atoms with Crippen molar-refractivity contribution in [2.75, 3.05) is 6.54 Å². The maximum Gasteiger partial charge on any atom is 0.220 e. The van der Waals surface area contributed by atoms with E-state index in [9.17, 15) is 4.79 Å². The number of aryl methyl sites for hydroxylation is 1. The van der Waals surface area contributed by atoms with Crippen LogP contribution in [-0.4, -0.2) is 12.5 Å². The summed E-state index contributed by atoms with van der Waals surface area (Å²) < 4.78 is 0. The zero-order chi connectivity index (χ0) is 15.1. The molecule has 2 nitrogen and oxygen atoms in total. The highest BCUT2D eigenvalue weighted by atomic mass is 35.5. The Kier molecular flexibility index (Phi) is 6.09. The summed E-state index contributed by atoms with van der Waals surface area (Å²) >= 11 is 11.9. The Labute approximate surface area is 135 Å². The second kappa shape index (κ2) is 8.06. The molecule has 0 aliphatic heterocycles. The molecule has 21 heavy (non-hydrogen) atoms. The van der Waals surface area contributed by atoms with Crippen LogP contribution in [-0.2, 0) is 17.6 Å². The number of amides is 1. The molecule has 0 saturated heterocycles. The molecule has 0 bridgehead atoms. The molecule has 0 aromatic heterocycles. The maximum atomic E-state index is 11.8. The van der Waals surface area contributed by atoms with Crippen LogP contribution in [0.2, 0.25) is 10.0 Å². The van der Waals surface area contributed by atoms with Gasteiger partial charge in [-0.1, -0.05) is 59.6 Å². The third-order valence-corrected chi connectivity index (χ3v) is 3.80. The highest BCUT2D eigenvalue weighted by Crippen LogP contribution is 2.21. The van der Waals surface area contributed by atoms with Crippen LogP contribution in [0.15, 0.2) is 48.5 Å². The van der Waals surface area contributed by atoms with Gasteiger partial charge in [-0.15, -0.1) is 0 Å². The van der Waals surface area contributed by atoms with Crippen molar-refractivity contribution in [3.05, 3.63) is 69.7 Å². The lowest BCUT2D eigenvalue weighted by molar-refractivity contribution is -0.121. The van der Waals surface area contributed by atoms with Crippen molar-refractivity contribution in [3.63, 3.8) is 0 Å². The molecule has 2 aromatic carbocycles. The van der Waals surface area contributed by atoms with Gasteiger partial charge in [0.25, 0.3) is 0 Å². The van der Waals surface area contributed by atoms with Crippen LogP contribution in [0.4, 0.5) is 0 Å². The summed E-state index contributed by atoms with van der Waals surface area (Å²) in [6, 6.07) is 15.4. The molecule has 1 amide bonds. The molecule has 2 aromatic rings. The number of hydrogen-bond acceptors (Lipinski definition) is 1. The van der Waals surface area contributed by atoms with Gasteiger partial charge in [0.05, 0.1) is 0 Å². The SMILES string of the molecule is O=C(CCc1ccc(Cl)cc1Cl)NCCc1ccccc1. The molecular formula is C17H17Cl2NO. The van der Waals surface area contributed by atoms with Gasteiger partial charge in [-0.2, -0.15) is 0 Å². The maximum absolute atomic E-state index is 11.8. The summed E-state index contributed by atoms with van der Waals surface area (Å²) in [5.41, 5.74) is 2.16. The Bertz CT molecular complexity index is 599. The second-order valence-electron chi connectivity index (χ2n) is 4.82. The highest BCUT2D eigenvalue weighted by Gasteiger charge is 2.05. The fraction of sp³-hybridized carbons (Fsp3) is 0.235. The van der Waals surface area contributed by atoms with Crippen molar-refractivity contribution in [2.24, 2.45) is 0 Å². The lowest BCUT2D eigenvalue weighted by Crippen LogP contribution is -2.25. The molecule has 110 valence electrons. The van der Waals surface area contributed by atoms with Gasteiger partial charge in [0.1, 0.15) is 0 Å². The van der Waals surface area contributed by atoms with Gasteiger partial charge < -0.3 is 5.32 Å². The van der Waals surface area contributed by atoms with Gasteiger partial charge >= 0.3 is 0 Å². The van der Waals surface area contributed by atoms with E-state index in [1.165, 1.54) is 5.56 Å². The van der Waals surface area contributed by atoms with Crippen molar-refractivity contribution >= 4 is 29.1 Å². The number of nitrogens with one attached hydrogen (secondary N) is 1. The van der Waals surface area contributed by atoms with Crippen LogP contribution < -0.4 is 5.32 Å². The summed E-state index contributed by atoms with van der Waals surface area (Å²) in [4.78, 5) is 11.8.